The summed E-state index contributed by atoms with van der Waals surface area (Å²) in [7, 11) is 0. The molecule has 0 amide bonds. The number of nitrogens with two attached hydrogens (primary N) is 1. The van der Waals surface area contributed by atoms with Gasteiger partial charge in [-0.2, -0.15) is 5.26 Å². The number of anilines is 1. The normalized spacial score (nSPS) is 11.8. The highest BCUT2D eigenvalue weighted by molar-refractivity contribution is 9.09. The maximum absolute atomic E-state index is 10.5. The van der Waals surface area contributed by atoms with Crippen LogP contribution in [0.1, 0.15) is 16.0 Å². The molecule has 0 radical (unpaired) electrons. The largest absolute Gasteiger partial charge is 0.396 e. The summed E-state index contributed by atoms with van der Waals surface area (Å²) < 4.78 is 0. The van der Waals surface area contributed by atoms with Gasteiger partial charge in [0.05, 0.1) is 21.1 Å². The minimum absolute atomic E-state index is 0.239. The highest BCUT2D eigenvalue weighted by atomic mass is 79.9. The Morgan fingerprint density at radius 1 is 1.64 bits per heavy atom. The Kier molecular flexibility index (Phi) is 3.50. The molecule has 72 valence electrons. The monoisotopic (exact) mass is 272 g/mol. The molecule has 0 aliphatic rings. The second kappa shape index (κ2) is 4.45. The summed E-state index contributed by atoms with van der Waals surface area (Å²) >= 11 is 8.92. The highest BCUT2D eigenvalue weighted by Crippen LogP contribution is 2.29. The van der Waals surface area contributed by atoms with Gasteiger partial charge in [0, 0.05) is 0 Å². The van der Waals surface area contributed by atoms with Gasteiger partial charge in [-0.1, -0.05) is 27.5 Å². The van der Waals surface area contributed by atoms with E-state index in [1.165, 1.54) is 6.07 Å². The fraction of sp³-hybridized carbons (Fsp3) is 0.111. The number of carbonyl (C=O) groups is 1. The average molecular weight is 274 g/mol. The van der Waals surface area contributed by atoms with Gasteiger partial charge in [-0.3, -0.25) is 0 Å². The topological polar surface area (TPSA) is 66.9 Å². The molecule has 5 heteroatoms. The Morgan fingerprint density at radius 3 is 2.79 bits per heavy atom. The number of nitrogen functional groups attached to an aromatic ring is 1. The maximum atomic E-state index is 10.5. The molecule has 0 bridgehead atoms. The standard InChI is InChI=1S/C9H6BrClN2O/c10-7(4-14)5-1-6(3-12)9(13)8(11)2-5/h1-2,4,7H,13H2. The molecule has 1 atom stereocenters. The predicted molar refractivity (Wildman–Crippen MR) is 58.3 cm³/mol. The maximum Gasteiger partial charge on any atom is 0.138 e. The van der Waals surface area contributed by atoms with Crippen LogP contribution in [0, 0.1) is 11.3 Å². The van der Waals surface area contributed by atoms with E-state index in [1.54, 1.807) is 6.07 Å². The summed E-state index contributed by atoms with van der Waals surface area (Å²) in [6.45, 7) is 0. The molecule has 0 saturated heterocycles. The second-order valence-electron chi connectivity index (χ2n) is 2.61. The molecule has 2 N–H and O–H groups in total. The highest BCUT2D eigenvalue weighted by Gasteiger charge is 2.11. The van der Waals surface area contributed by atoms with E-state index in [1.807, 2.05) is 6.07 Å². The van der Waals surface area contributed by atoms with Gasteiger partial charge in [-0.15, -0.1) is 0 Å². The first-order valence-electron chi connectivity index (χ1n) is 3.68. The number of halogens is 2. The summed E-state index contributed by atoms with van der Waals surface area (Å²) in [5, 5.41) is 9.01. The molecule has 3 nitrogen and oxygen atoms in total. The fourth-order valence-electron chi connectivity index (χ4n) is 0.969. The Labute approximate surface area is 94.6 Å². The first kappa shape index (κ1) is 11.0. The summed E-state index contributed by atoms with van der Waals surface area (Å²) in [6, 6.07) is 5.01. The molecule has 0 aliphatic carbocycles. The lowest BCUT2D eigenvalue weighted by atomic mass is 10.1. The van der Waals surface area contributed by atoms with Crippen LogP contribution in [0.25, 0.3) is 0 Å². The van der Waals surface area contributed by atoms with E-state index in [0.717, 1.165) is 0 Å². The van der Waals surface area contributed by atoms with E-state index in [9.17, 15) is 4.79 Å². The van der Waals surface area contributed by atoms with Crippen LogP contribution in [0.3, 0.4) is 0 Å². The third-order valence-corrected chi connectivity index (χ3v) is 2.77. The van der Waals surface area contributed by atoms with Crippen molar-refractivity contribution < 1.29 is 4.79 Å². The smallest absolute Gasteiger partial charge is 0.138 e. The number of alkyl halides is 1. The molecule has 0 saturated carbocycles. The molecule has 1 unspecified atom stereocenters. The van der Waals surface area contributed by atoms with Crippen LogP contribution in [0.2, 0.25) is 5.02 Å². The van der Waals surface area contributed by atoms with Crippen molar-refractivity contribution in [3.63, 3.8) is 0 Å². The number of hydrogen-bond acceptors (Lipinski definition) is 3. The van der Waals surface area contributed by atoms with Crippen molar-refractivity contribution in [2.24, 2.45) is 0 Å². The Bertz CT molecular complexity index is 414. The van der Waals surface area contributed by atoms with Gasteiger partial charge >= 0.3 is 0 Å². The number of carbonyl (C=O) groups excluding carboxylic acids is 1. The van der Waals surface area contributed by atoms with Crippen LogP contribution in [0.4, 0.5) is 5.69 Å². The number of benzene rings is 1. The molecular formula is C9H6BrClN2O. The number of nitrogens with zero attached hydrogens (tertiary/aromatic N) is 1. The van der Waals surface area contributed by atoms with Crippen molar-refractivity contribution in [2.45, 2.75) is 4.83 Å². The fourth-order valence-corrected chi connectivity index (χ4v) is 1.46. The molecule has 0 aliphatic heterocycles. The number of nitriles is 1. The Morgan fingerprint density at radius 2 is 2.29 bits per heavy atom. The third kappa shape index (κ3) is 2.06. The van der Waals surface area contributed by atoms with E-state index in [0.29, 0.717) is 11.8 Å². The van der Waals surface area contributed by atoms with Crippen molar-refractivity contribution in [1.29, 1.82) is 5.26 Å². The van der Waals surface area contributed by atoms with Crippen LogP contribution in [0.15, 0.2) is 12.1 Å². The van der Waals surface area contributed by atoms with E-state index in [2.05, 4.69) is 15.9 Å². The molecule has 0 fully saturated rings. The summed E-state index contributed by atoms with van der Waals surface area (Å²) in [5.74, 6) is 0. The Balaban J connectivity index is 3.31. The molecule has 1 aromatic rings. The lowest BCUT2D eigenvalue weighted by Crippen LogP contribution is -1.97. The van der Waals surface area contributed by atoms with Gasteiger partial charge in [0.25, 0.3) is 0 Å². The van der Waals surface area contributed by atoms with Crippen molar-refractivity contribution >= 4 is 39.5 Å². The van der Waals surface area contributed by atoms with Crippen molar-refractivity contribution in [2.75, 3.05) is 5.73 Å². The summed E-state index contributed by atoms with van der Waals surface area (Å²) in [5.41, 5.74) is 6.68. The zero-order valence-corrected chi connectivity index (χ0v) is 9.34. The number of hydrogen-bond donors (Lipinski definition) is 1. The van der Waals surface area contributed by atoms with Gasteiger partial charge in [0.1, 0.15) is 12.4 Å². The first-order valence-corrected chi connectivity index (χ1v) is 4.98. The van der Waals surface area contributed by atoms with E-state index in [4.69, 9.17) is 22.6 Å². The SMILES string of the molecule is N#Cc1cc(C(Br)C=O)cc(Cl)c1N. The molecule has 14 heavy (non-hydrogen) atoms. The van der Waals surface area contributed by atoms with Gasteiger partial charge in [-0.25, -0.2) is 0 Å². The number of aldehydes is 1. The lowest BCUT2D eigenvalue weighted by Gasteiger charge is -2.06. The minimum Gasteiger partial charge on any atom is -0.396 e. The summed E-state index contributed by atoms with van der Waals surface area (Å²) in [4.78, 5) is 10.0. The average Bonchev–Trinajstić information content (AvgIpc) is 2.20. The van der Waals surface area contributed by atoms with Crippen molar-refractivity contribution in [3.05, 3.63) is 28.3 Å². The van der Waals surface area contributed by atoms with E-state index in [-0.39, 0.29) is 16.3 Å². The van der Waals surface area contributed by atoms with Crippen molar-refractivity contribution in [1.82, 2.24) is 0 Å². The van der Waals surface area contributed by atoms with E-state index >= 15 is 0 Å². The summed E-state index contributed by atoms with van der Waals surface area (Å²) in [6.07, 6.45) is 0.711. The molecule has 1 rings (SSSR count). The van der Waals surface area contributed by atoms with Gasteiger partial charge in [0.15, 0.2) is 0 Å². The van der Waals surface area contributed by atoms with Crippen molar-refractivity contribution in [3.8, 4) is 6.07 Å². The second-order valence-corrected chi connectivity index (χ2v) is 4.01. The van der Waals surface area contributed by atoms with Crippen LogP contribution in [-0.4, -0.2) is 6.29 Å². The zero-order valence-electron chi connectivity index (χ0n) is 7.00. The minimum atomic E-state index is -0.465. The molecule has 0 heterocycles. The molecule has 1 aromatic carbocycles. The number of rotatable bonds is 2. The van der Waals surface area contributed by atoms with Gasteiger partial charge in [-0.05, 0) is 17.7 Å². The lowest BCUT2D eigenvalue weighted by molar-refractivity contribution is -0.107. The van der Waals surface area contributed by atoms with E-state index < -0.39 is 4.83 Å². The van der Waals surface area contributed by atoms with Crippen LogP contribution in [-0.2, 0) is 4.79 Å². The third-order valence-electron chi connectivity index (χ3n) is 1.71. The molecule has 0 aromatic heterocycles. The van der Waals surface area contributed by atoms with Crippen LogP contribution >= 0.6 is 27.5 Å². The molecular weight excluding hydrogens is 267 g/mol. The zero-order chi connectivity index (χ0) is 10.7. The first-order chi connectivity index (χ1) is 6.60. The Hall–Kier alpha value is -1.05. The van der Waals surface area contributed by atoms with Gasteiger partial charge < -0.3 is 10.5 Å². The van der Waals surface area contributed by atoms with Crippen LogP contribution < -0.4 is 5.73 Å². The quantitative estimate of drug-likeness (QED) is 0.511. The van der Waals surface area contributed by atoms with Gasteiger partial charge in [0.2, 0.25) is 0 Å². The van der Waals surface area contributed by atoms with Crippen LogP contribution in [0.5, 0.6) is 0 Å². The molecule has 0 spiro atoms. The predicted octanol–water partition coefficient (Wildman–Crippen LogP) is 2.43.